The molecule has 115 heavy (non-hydrogen) atoms. The number of aromatic nitrogens is 12. The summed E-state index contributed by atoms with van der Waals surface area (Å²) in [4.78, 5) is 91.4. The zero-order chi connectivity index (χ0) is 79.7. The van der Waals surface area contributed by atoms with Crippen molar-refractivity contribution < 1.29 is 22.4 Å². The Balaban J connectivity index is 0.000000115. The summed E-state index contributed by atoms with van der Waals surface area (Å²) in [5.41, 5.74) is 17.6. The maximum atomic E-state index is 12.7. The Morgan fingerprint density at radius 2 is 0.878 bits per heavy atom. The van der Waals surface area contributed by atoms with Gasteiger partial charge in [-0.25, -0.2) is 39.1 Å². The van der Waals surface area contributed by atoms with E-state index in [9.17, 15) is 19.2 Å². The van der Waals surface area contributed by atoms with Crippen LogP contribution >= 0.6 is 0 Å². The molecule has 0 bridgehead atoms. The highest BCUT2D eigenvalue weighted by atomic mass is 16.5. The molecule has 0 saturated carbocycles. The monoisotopic (exact) mass is 1540 g/mol. The number of benzene rings is 4. The van der Waals surface area contributed by atoms with E-state index in [0.29, 0.717) is 85.0 Å². The van der Waals surface area contributed by atoms with E-state index in [1.165, 1.54) is 11.1 Å². The van der Waals surface area contributed by atoms with E-state index in [2.05, 4.69) is 105 Å². The lowest BCUT2D eigenvalue weighted by Gasteiger charge is -2.29. The van der Waals surface area contributed by atoms with Crippen molar-refractivity contribution in [2.24, 2.45) is 0 Å². The summed E-state index contributed by atoms with van der Waals surface area (Å²) in [5.74, 6) is 1.26. The molecule has 19 rings (SSSR count). The Kier molecular flexibility index (Phi) is 22.1. The van der Waals surface area contributed by atoms with Crippen molar-refractivity contribution in [2.45, 2.75) is 119 Å². The zero-order valence-corrected chi connectivity index (χ0v) is 66.4. The lowest BCUT2D eigenvalue weighted by atomic mass is 9.90. The van der Waals surface area contributed by atoms with Gasteiger partial charge in [0.25, 0.3) is 0 Å². The Hall–Kier alpha value is -12.2. The number of ether oxygens (including phenoxy) is 1. The van der Waals surface area contributed by atoms with Gasteiger partial charge in [0.05, 0.1) is 91.1 Å². The summed E-state index contributed by atoms with van der Waals surface area (Å²) < 4.78 is 36.3. The van der Waals surface area contributed by atoms with Crippen LogP contribution in [0.2, 0.25) is 0 Å². The SMILES string of the molecule is Cc1cn2cc(-c3cc4ccc(C5CCNCC5)cc4oc3=O)nc2cn1.Cc1cn2cc(-c3cc4ccc(CCN5CCNCC5)cc4oc3=O)nc2c(C)n1.Cc1cn2cc(-c3cc4ccc(CCNC(C)C)cc4oc3=O)nc2c(C)n1.Cc1cn2cc(-c3cc4ccc(OC5CCN(C)CC5)cc4oc3=O)nc2c(C)n1. The van der Waals surface area contributed by atoms with Gasteiger partial charge < -0.3 is 65.8 Å². The third-order valence-corrected chi connectivity index (χ3v) is 21.5. The van der Waals surface area contributed by atoms with Crippen LogP contribution in [0, 0.1) is 48.5 Å². The van der Waals surface area contributed by atoms with Crippen LogP contribution in [-0.2, 0) is 12.8 Å². The van der Waals surface area contributed by atoms with Gasteiger partial charge in [0.2, 0.25) is 0 Å². The molecule has 12 aromatic heterocycles. The maximum absolute atomic E-state index is 12.7. The topological polar surface area (TPSA) is 293 Å². The van der Waals surface area contributed by atoms with E-state index in [1.54, 1.807) is 12.3 Å². The molecule has 26 nitrogen and oxygen atoms in total. The van der Waals surface area contributed by atoms with Crippen LogP contribution in [0.15, 0.2) is 190 Å². The lowest BCUT2D eigenvalue weighted by molar-refractivity contribution is 0.114. The van der Waals surface area contributed by atoms with E-state index in [4.69, 9.17) is 22.4 Å². The summed E-state index contributed by atoms with van der Waals surface area (Å²) in [5, 5.41) is 13.7. The highest BCUT2D eigenvalue weighted by Crippen LogP contribution is 2.32. The third-order valence-electron chi connectivity index (χ3n) is 21.5. The number of hydrogen-bond acceptors (Lipinski definition) is 22. The minimum absolute atomic E-state index is 0.197. The van der Waals surface area contributed by atoms with Crippen molar-refractivity contribution in [3.8, 4) is 50.8 Å². The second kappa shape index (κ2) is 33.1. The van der Waals surface area contributed by atoms with Crippen molar-refractivity contribution in [3.63, 3.8) is 0 Å². The minimum atomic E-state index is -0.412. The molecule has 0 atom stereocenters. The molecule has 0 aliphatic carbocycles. The van der Waals surface area contributed by atoms with Crippen molar-refractivity contribution in [2.75, 3.05) is 72.5 Å². The number of nitrogens with one attached hydrogen (secondary N) is 3. The van der Waals surface area contributed by atoms with Crippen LogP contribution in [0.1, 0.15) is 102 Å². The number of aryl methyl sites for hydroxylation is 7. The van der Waals surface area contributed by atoms with E-state index >= 15 is 0 Å². The first kappa shape index (κ1) is 76.8. The molecule has 3 fully saturated rings. The lowest BCUT2D eigenvalue weighted by Crippen LogP contribution is -2.44. The Labute approximate surface area is 662 Å². The molecule has 0 spiro atoms. The average molecular weight is 1540 g/mol. The van der Waals surface area contributed by atoms with Crippen molar-refractivity contribution in [1.82, 2.24) is 83.2 Å². The van der Waals surface area contributed by atoms with Crippen LogP contribution in [0.4, 0.5) is 0 Å². The van der Waals surface area contributed by atoms with Crippen LogP contribution in [0.25, 0.3) is 111 Å². The second-order valence-corrected chi connectivity index (χ2v) is 30.8. The molecule has 588 valence electrons. The summed E-state index contributed by atoms with van der Waals surface area (Å²) in [6, 6.07) is 31.9. The molecule has 3 saturated heterocycles. The van der Waals surface area contributed by atoms with E-state index in [0.717, 1.165) is 194 Å². The molecule has 3 aliphatic rings. The van der Waals surface area contributed by atoms with Crippen LogP contribution in [0.3, 0.4) is 0 Å². The molecule has 16 aromatic rings. The fraction of sp³-hybridized carbons (Fsp3) is 0.326. The van der Waals surface area contributed by atoms with Crippen LogP contribution < -0.4 is 43.2 Å². The van der Waals surface area contributed by atoms with Crippen LogP contribution in [-0.4, -0.2) is 152 Å². The number of nitrogens with zero attached hydrogens (tertiary/aromatic N) is 14. The van der Waals surface area contributed by atoms with Crippen LogP contribution in [0.5, 0.6) is 5.75 Å². The third kappa shape index (κ3) is 17.3. The molecule has 0 unspecified atom stereocenters. The minimum Gasteiger partial charge on any atom is -0.490 e. The van der Waals surface area contributed by atoms with Gasteiger partial charge in [0.15, 0.2) is 22.6 Å². The summed E-state index contributed by atoms with van der Waals surface area (Å²) in [6.07, 6.45) is 22.9. The number of imidazole rings is 4. The molecule has 26 heteroatoms. The number of likely N-dealkylation sites (tertiary alicyclic amines) is 1. The smallest absolute Gasteiger partial charge is 0.345 e. The second-order valence-electron chi connectivity index (χ2n) is 30.8. The predicted octanol–water partition coefficient (Wildman–Crippen LogP) is 13.1. The maximum Gasteiger partial charge on any atom is 0.345 e. The average Bonchev–Trinajstić information content (AvgIpc) is 1.71. The van der Waals surface area contributed by atoms with Gasteiger partial charge in [0.1, 0.15) is 34.2 Å². The van der Waals surface area contributed by atoms with Crippen molar-refractivity contribution in [3.05, 3.63) is 251 Å². The fourth-order valence-electron chi connectivity index (χ4n) is 15.5. The van der Waals surface area contributed by atoms with E-state index in [1.807, 2.05) is 188 Å². The first-order valence-electron chi connectivity index (χ1n) is 39.4. The van der Waals surface area contributed by atoms with E-state index < -0.39 is 5.63 Å². The van der Waals surface area contributed by atoms with Gasteiger partial charge >= 0.3 is 22.5 Å². The molecule has 4 aromatic carbocycles. The van der Waals surface area contributed by atoms with Gasteiger partial charge in [-0.3, -0.25) is 19.9 Å². The Bertz CT molecular complexity index is 6580. The Morgan fingerprint density at radius 3 is 1.37 bits per heavy atom. The van der Waals surface area contributed by atoms with Gasteiger partial charge in [-0.2, -0.15) is 0 Å². The predicted molar refractivity (Wildman–Crippen MR) is 447 cm³/mol. The van der Waals surface area contributed by atoms with Gasteiger partial charge in [-0.15, -0.1) is 0 Å². The highest BCUT2D eigenvalue weighted by molar-refractivity contribution is 5.85. The number of piperazine rings is 1. The summed E-state index contributed by atoms with van der Waals surface area (Å²) in [7, 11) is 2.13. The van der Waals surface area contributed by atoms with E-state index in [-0.39, 0.29) is 23.0 Å². The number of hydrogen-bond donors (Lipinski definition) is 3. The molecular weight excluding hydrogens is 1450 g/mol. The molecule has 0 amide bonds. The molecular formula is C89H93N17O9. The fourth-order valence-corrected chi connectivity index (χ4v) is 15.5. The number of fused-ring (bicyclic) bond motifs is 8. The first-order chi connectivity index (χ1) is 55.6. The zero-order valence-electron chi connectivity index (χ0n) is 66.4. The Morgan fingerprint density at radius 1 is 0.452 bits per heavy atom. The first-order valence-corrected chi connectivity index (χ1v) is 39.4. The largest absolute Gasteiger partial charge is 0.490 e. The number of piperidine rings is 2. The van der Waals surface area contributed by atoms with Gasteiger partial charge in [-0.1, -0.05) is 50.2 Å². The standard InChI is InChI=1S/C23H25N5O2.C23H24N4O3.C22H24N4O2.C21H20N4O2/c1-15-13-28-14-20(26-22(28)16(2)25-15)19-12-18-4-3-17(11-21(18)30-23(19)29)5-8-27-9-6-24-7-10-27;1-14-12-27-13-20(25-22(27)15(2)24-14)19-10-16-4-5-18(11-21(16)30-23(19)28)29-17-6-8-26(3)9-7-17;1-13(2)23-8-7-16-5-6-17-10-18(22(27)28-20(17)9-16)19-12-26-11-14(3)24-15(4)21(26)25-19;1-13-11-25-12-18(24-20(25)10-23-13)17-8-16-3-2-15(9-19(16)27-21(17)26)14-4-6-22-7-5-14/h3-4,11-14,24H,5-10H2,1-2H3;4-5,10-13,17H,6-9H2,1-3H3;5-6,9-13,23H,7-8H2,1-4H3;2-3,8-12,14,22H,4-7H2,1H3. The quantitative estimate of drug-likeness (QED) is 0.0852. The highest BCUT2D eigenvalue weighted by Gasteiger charge is 2.23. The molecule has 0 radical (unpaired) electrons. The van der Waals surface area contributed by atoms with Gasteiger partial charge in [0, 0.05) is 129 Å². The van der Waals surface area contributed by atoms with Crippen molar-refractivity contribution >= 4 is 66.5 Å². The summed E-state index contributed by atoms with van der Waals surface area (Å²) >= 11 is 0. The normalized spacial score (nSPS) is 14.6. The molecule has 3 N–H and O–H groups in total. The molecule has 15 heterocycles. The number of rotatable bonds is 14. The summed E-state index contributed by atoms with van der Waals surface area (Å²) in [6.45, 7) is 28.0. The van der Waals surface area contributed by atoms with Gasteiger partial charge in [-0.05, 0) is 191 Å². The van der Waals surface area contributed by atoms with Crippen molar-refractivity contribution in [1.29, 1.82) is 0 Å². The molecule has 3 aliphatic heterocycles.